The molecule has 0 aromatic carbocycles. The average molecular weight is 261 g/mol. The highest BCUT2D eigenvalue weighted by molar-refractivity contribution is 9.11. The van der Waals surface area contributed by atoms with Gasteiger partial charge < -0.3 is 4.43 Å². The van der Waals surface area contributed by atoms with E-state index in [2.05, 4.69) is 35.6 Å². The Bertz CT molecular complexity index is 224. The van der Waals surface area contributed by atoms with Gasteiger partial charge in [0.05, 0.1) is 6.26 Å². The van der Waals surface area contributed by atoms with Crippen molar-refractivity contribution in [1.82, 2.24) is 0 Å². The van der Waals surface area contributed by atoms with Gasteiger partial charge in [-0.2, -0.15) is 0 Å². The molecule has 0 aliphatic rings. The summed E-state index contributed by atoms with van der Waals surface area (Å²) < 4.78 is 5.56. The first-order valence-corrected chi connectivity index (χ1v) is 8.56. The lowest BCUT2D eigenvalue weighted by Crippen LogP contribution is -2.21. The molecule has 0 radical (unpaired) electrons. The van der Waals surface area contributed by atoms with Crippen molar-refractivity contribution in [3.63, 3.8) is 0 Å². The second-order valence-corrected chi connectivity index (χ2v) is 8.75. The summed E-state index contributed by atoms with van der Waals surface area (Å²) in [6.07, 6.45) is 7.72. The van der Waals surface area contributed by atoms with Crippen molar-refractivity contribution in [1.29, 1.82) is 0 Å². The molecule has 0 N–H and O–H groups in total. The molecule has 0 atom stereocenters. The fourth-order valence-corrected chi connectivity index (χ4v) is 1.22. The van der Waals surface area contributed by atoms with Gasteiger partial charge >= 0.3 is 0 Å². The molecular weight excluding hydrogens is 244 g/mol. The van der Waals surface area contributed by atoms with Gasteiger partial charge in [0.2, 0.25) is 8.32 Å². The van der Waals surface area contributed by atoms with Crippen LogP contribution >= 0.6 is 15.9 Å². The van der Waals surface area contributed by atoms with Crippen LogP contribution in [0, 0.1) is 0 Å². The Morgan fingerprint density at radius 2 is 1.92 bits per heavy atom. The second kappa shape index (κ2) is 6.21. The summed E-state index contributed by atoms with van der Waals surface area (Å²) in [5.74, 6) is 0. The van der Waals surface area contributed by atoms with Crippen LogP contribution in [0.4, 0.5) is 0 Å². The first kappa shape index (κ1) is 12.7. The predicted molar refractivity (Wildman–Crippen MR) is 65.4 cm³/mol. The summed E-state index contributed by atoms with van der Waals surface area (Å²) in [7, 11) is -1.40. The fraction of sp³-hybridized carbons (Fsp3) is 0.400. The Hall–Kier alpha value is -0.283. The molecule has 0 saturated heterocycles. The number of rotatable bonds is 4. The third kappa shape index (κ3) is 9.63. The monoisotopic (exact) mass is 260 g/mol. The molecule has 0 aliphatic heterocycles. The van der Waals surface area contributed by atoms with Crippen molar-refractivity contribution in [2.24, 2.45) is 0 Å². The van der Waals surface area contributed by atoms with Gasteiger partial charge in [0.15, 0.2) is 0 Å². The van der Waals surface area contributed by atoms with Crippen LogP contribution in [-0.4, -0.2) is 8.32 Å². The van der Waals surface area contributed by atoms with Crippen molar-refractivity contribution < 1.29 is 4.43 Å². The summed E-state index contributed by atoms with van der Waals surface area (Å²) in [6, 6.07) is 0. The Morgan fingerprint density at radius 1 is 1.31 bits per heavy atom. The van der Waals surface area contributed by atoms with E-state index < -0.39 is 8.32 Å². The zero-order chi connectivity index (χ0) is 10.3. The SMILES string of the molecule is CC(/C=C/O[Si](C)(C)C)=C\C=C\Br. The van der Waals surface area contributed by atoms with Crippen LogP contribution < -0.4 is 0 Å². The Labute approximate surface area is 90.4 Å². The third-order valence-corrected chi connectivity index (χ3v) is 2.33. The quantitative estimate of drug-likeness (QED) is 0.418. The topological polar surface area (TPSA) is 9.23 Å². The molecule has 13 heavy (non-hydrogen) atoms. The number of hydrogen-bond acceptors (Lipinski definition) is 1. The summed E-state index contributed by atoms with van der Waals surface area (Å²) in [4.78, 5) is 1.82. The van der Waals surface area contributed by atoms with Crippen LogP contribution in [0.15, 0.2) is 35.0 Å². The van der Waals surface area contributed by atoms with Crippen LogP contribution in [0.3, 0.4) is 0 Å². The first-order valence-electron chi connectivity index (χ1n) is 4.24. The van der Waals surface area contributed by atoms with Gasteiger partial charge in [0.25, 0.3) is 0 Å². The molecule has 0 rings (SSSR count). The van der Waals surface area contributed by atoms with Crippen LogP contribution in [-0.2, 0) is 4.43 Å². The van der Waals surface area contributed by atoms with Gasteiger partial charge in [0, 0.05) is 0 Å². The predicted octanol–water partition coefficient (Wildman–Crippen LogP) is 4.21. The summed E-state index contributed by atoms with van der Waals surface area (Å²) in [5.41, 5.74) is 1.17. The van der Waals surface area contributed by atoms with Crippen molar-refractivity contribution in [2.75, 3.05) is 0 Å². The van der Waals surface area contributed by atoms with E-state index in [-0.39, 0.29) is 0 Å². The second-order valence-electron chi connectivity index (χ2n) is 3.76. The zero-order valence-electron chi connectivity index (χ0n) is 8.67. The van der Waals surface area contributed by atoms with Gasteiger partial charge in [-0.15, -0.1) is 0 Å². The maximum Gasteiger partial charge on any atom is 0.241 e. The molecule has 0 aromatic heterocycles. The highest BCUT2D eigenvalue weighted by atomic mass is 79.9. The molecule has 1 nitrogen and oxygen atoms in total. The van der Waals surface area contributed by atoms with E-state index in [1.165, 1.54) is 5.57 Å². The molecule has 0 heterocycles. The number of halogens is 1. The Morgan fingerprint density at radius 3 is 2.38 bits per heavy atom. The van der Waals surface area contributed by atoms with Gasteiger partial charge in [-0.3, -0.25) is 0 Å². The summed E-state index contributed by atoms with van der Waals surface area (Å²) in [6.45, 7) is 8.52. The molecule has 3 heteroatoms. The molecule has 74 valence electrons. The molecular formula is C10H17BrOSi. The molecule has 0 aromatic rings. The minimum Gasteiger partial charge on any atom is -0.550 e. The lowest BCUT2D eigenvalue weighted by atomic mass is 10.3. The van der Waals surface area contributed by atoms with Crippen LogP contribution in [0.25, 0.3) is 0 Å². The van der Waals surface area contributed by atoms with Gasteiger partial charge in [-0.25, -0.2) is 0 Å². The Balaban J connectivity index is 3.99. The summed E-state index contributed by atoms with van der Waals surface area (Å²) >= 11 is 3.20. The number of allylic oxidation sites excluding steroid dienone is 4. The molecule has 0 fully saturated rings. The van der Waals surface area contributed by atoms with Gasteiger partial charge in [0.1, 0.15) is 0 Å². The lowest BCUT2D eigenvalue weighted by Gasteiger charge is -2.14. The highest BCUT2D eigenvalue weighted by Gasteiger charge is 2.12. The molecule has 0 amide bonds. The maximum atomic E-state index is 5.56. The van der Waals surface area contributed by atoms with Gasteiger partial charge in [-0.1, -0.05) is 28.1 Å². The lowest BCUT2D eigenvalue weighted by molar-refractivity contribution is 0.479. The van der Waals surface area contributed by atoms with E-state index in [1.54, 1.807) is 6.26 Å². The number of hydrogen-bond donors (Lipinski definition) is 0. The zero-order valence-corrected chi connectivity index (χ0v) is 11.3. The van der Waals surface area contributed by atoms with Crippen molar-refractivity contribution >= 4 is 24.2 Å². The molecule has 0 aliphatic carbocycles. The largest absolute Gasteiger partial charge is 0.550 e. The van der Waals surface area contributed by atoms with Crippen LogP contribution in [0.5, 0.6) is 0 Å². The molecule has 0 spiro atoms. The van der Waals surface area contributed by atoms with Crippen molar-refractivity contribution in [3.8, 4) is 0 Å². The van der Waals surface area contributed by atoms with Crippen LogP contribution in [0.1, 0.15) is 6.92 Å². The fourth-order valence-electron chi connectivity index (χ4n) is 0.589. The van der Waals surface area contributed by atoms with Crippen molar-refractivity contribution in [3.05, 3.63) is 35.0 Å². The molecule has 0 unspecified atom stereocenters. The molecule has 0 saturated carbocycles. The van der Waals surface area contributed by atoms with E-state index >= 15 is 0 Å². The molecule has 0 bridgehead atoms. The third-order valence-electron chi connectivity index (χ3n) is 1.18. The standard InChI is InChI=1S/C10H17BrOSi/c1-10(6-5-8-11)7-9-12-13(2,3)4/h5-9H,1-4H3/b8-5+,9-7+,10-6+. The Kier molecular flexibility index (Phi) is 6.08. The maximum absolute atomic E-state index is 5.56. The van der Waals surface area contributed by atoms with E-state index in [0.29, 0.717) is 0 Å². The normalized spacial score (nSPS) is 14.4. The van der Waals surface area contributed by atoms with E-state index in [9.17, 15) is 0 Å². The van der Waals surface area contributed by atoms with Crippen LogP contribution in [0.2, 0.25) is 19.6 Å². The van der Waals surface area contributed by atoms with E-state index in [0.717, 1.165) is 0 Å². The van der Waals surface area contributed by atoms with Crippen molar-refractivity contribution in [2.45, 2.75) is 26.6 Å². The van der Waals surface area contributed by atoms with Gasteiger partial charge in [-0.05, 0) is 43.2 Å². The smallest absolute Gasteiger partial charge is 0.241 e. The van der Waals surface area contributed by atoms with E-state index in [1.807, 2.05) is 30.1 Å². The first-order chi connectivity index (χ1) is 5.95. The minimum absolute atomic E-state index is 1.17. The average Bonchev–Trinajstić information content (AvgIpc) is 1.98. The minimum atomic E-state index is -1.40. The van der Waals surface area contributed by atoms with E-state index in [4.69, 9.17) is 4.43 Å². The highest BCUT2D eigenvalue weighted by Crippen LogP contribution is 2.04. The summed E-state index contributed by atoms with van der Waals surface area (Å²) in [5, 5.41) is 0.